The Morgan fingerprint density at radius 3 is 2.21 bits per heavy atom. The summed E-state index contributed by atoms with van der Waals surface area (Å²) >= 11 is 23.6. The molecule has 0 unspecified atom stereocenters. The number of carbonyl (C=O) groups is 1. The summed E-state index contributed by atoms with van der Waals surface area (Å²) in [5.74, 6) is 0.587. The smallest absolute Gasteiger partial charge is 0.155 e. The second-order valence-electron chi connectivity index (χ2n) is 3.57. The lowest BCUT2D eigenvalue weighted by Crippen LogP contribution is -1.92. The van der Waals surface area contributed by atoms with Gasteiger partial charge in [0.2, 0.25) is 0 Å². The van der Waals surface area contributed by atoms with Crippen molar-refractivity contribution in [2.24, 2.45) is 0 Å². The summed E-state index contributed by atoms with van der Waals surface area (Å²) in [4.78, 5) is 11.0. The van der Waals surface area contributed by atoms with Crippen molar-refractivity contribution in [1.29, 1.82) is 0 Å². The van der Waals surface area contributed by atoms with E-state index in [-0.39, 0.29) is 10.6 Å². The molecule has 0 saturated carbocycles. The fourth-order valence-corrected chi connectivity index (χ4v) is 2.21. The Balaban J connectivity index is 2.45. The van der Waals surface area contributed by atoms with Crippen LogP contribution in [-0.4, -0.2) is 6.29 Å². The van der Waals surface area contributed by atoms with Gasteiger partial charge in [-0.2, -0.15) is 0 Å². The van der Waals surface area contributed by atoms with E-state index in [4.69, 9.17) is 51.1 Å². The number of carbonyl (C=O) groups excluding carboxylic acids is 1. The number of halogens is 4. The summed E-state index contributed by atoms with van der Waals surface area (Å²) in [6.45, 7) is 0. The molecule has 0 atom stereocenters. The van der Waals surface area contributed by atoms with Gasteiger partial charge in [0.15, 0.2) is 6.29 Å². The Bertz CT molecular complexity index is 641. The Hall–Kier alpha value is -0.930. The molecule has 98 valence electrons. The predicted octanol–water partition coefficient (Wildman–Crippen LogP) is 5.91. The van der Waals surface area contributed by atoms with E-state index in [1.807, 2.05) is 0 Å². The molecular weight excluding hydrogens is 330 g/mol. The maximum absolute atomic E-state index is 11.0. The van der Waals surface area contributed by atoms with Crippen molar-refractivity contribution in [2.75, 3.05) is 0 Å². The molecule has 0 aromatic heterocycles. The standard InChI is InChI=1S/C13H6Cl4O2/c14-8-2-1-3-12(7(8)6-18)19-13-5-10(16)9(15)4-11(13)17/h1-6H. The topological polar surface area (TPSA) is 26.3 Å². The van der Waals surface area contributed by atoms with E-state index < -0.39 is 0 Å². The van der Waals surface area contributed by atoms with E-state index in [1.54, 1.807) is 18.2 Å². The van der Waals surface area contributed by atoms with Gasteiger partial charge in [-0.25, -0.2) is 0 Å². The second kappa shape index (κ2) is 6.02. The van der Waals surface area contributed by atoms with Crippen molar-refractivity contribution < 1.29 is 9.53 Å². The zero-order valence-corrected chi connectivity index (χ0v) is 12.3. The van der Waals surface area contributed by atoms with E-state index in [9.17, 15) is 4.79 Å². The average Bonchev–Trinajstić information content (AvgIpc) is 2.36. The normalized spacial score (nSPS) is 10.3. The van der Waals surface area contributed by atoms with E-state index in [2.05, 4.69) is 0 Å². The molecular formula is C13H6Cl4O2. The molecule has 0 radical (unpaired) electrons. The van der Waals surface area contributed by atoms with Crippen LogP contribution in [0.15, 0.2) is 30.3 Å². The maximum atomic E-state index is 11.0. The number of aldehydes is 1. The summed E-state index contributed by atoms with van der Waals surface area (Å²) in [5.41, 5.74) is 0.242. The second-order valence-corrected chi connectivity index (χ2v) is 5.20. The molecule has 0 fully saturated rings. The van der Waals surface area contributed by atoms with E-state index in [0.717, 1.165) is 0 Å². The molecule has 0 aliphatic carbocycles. The molecule has 6 heteroatoms. The van der Waals surface area contributed by atoms with Gasteiger partial charge >= 0.3 is 0 Å². The number of rotatable bonds is 3. The maximum Gasteiger partial charge on any atom is 0.155 e. The molecule has 2 rings (SSSR count). The Kier molecular flexibility index (Phi) is 4.58. The zero-order valence-electron chi connectivity index (χ0n) is 9.29. The van der Waals surface area contributed by atoms with Gasteiger partial charge in [-0.3, -0.25) is 4.79 Å². The molecule has 2 aromatic rings. The van der Waals surface area contributed by atoms with Crippen molar-refractivity contribution in [3.8, 4) is 11.5 Å². The van der Waals surface area contributed by atoms with Crippen LogP contribution in [0.3, 0.4) is 0 Å². The van der Waals surface area contributed by atoms with E-state index >= 15 is 0 Å². The minimum Gasteiger partial charge on any atom is -0.455 e. The number of hydrogen-bond donors (Lipinski definition) is 0. The summed E-state index contributed by atoms with van der Waals surface area (Å²) in [6, 6.07) is 7.80. The fourth-order valence-electron chi connectivity index (χ4n) is 1.42. The first-order valence-electron chi connectivity index (χ1n) is 5.09. The lowest BCUT2D eigenvalue weighted by Gasteiger charge is -2.11. The van der Waals surface area contributed by atoms with Crippen LogP contribution in [-0.2, 0) is 0 Å². The highest BCUT2D eigenvalue weighted by molar-refractivity contribution is 6.43. The summed E-state index contributed by atoms with van der Waals surface area (Å²) in [7, 11) is 0. The van der Waals surface area contributed by atoms with Crippen LogP contribution >= 0.6 is 46.4 Å². The molecule has 0 N–H and O–H groups in total. The van der Waals surface area contributed by atoms with Crippen LogP contribution in [0.1, 0.15) is 10.4 Å². The van der Waals surface area contributed by atoms with Crippen LogP contribution in [0.2, 0.25) is 20.1 Å². The largest absolute Gasteiger partial charge is 0.455 e. The summed E-state index contributed by atoms with van der Waals surface area (Å²) < 4.78 is 5.56. The van der Waals surface area contributed by atoms with Gasteiger partial charge in [-0.05, 0) is 18.2 Å². The van der Waals surface area contributed by atoms with Crippen LogP contribution in [0.5, 0.6) is 11.5 Å². The molecule has 0 spiro atoms. The van der Waals surface area contributed by atoms with Gasteiger partial charge < -0.3 is 4.74 Å². The van der Waals surface area contributed by atoms with E-state index in [1.165, 1.54) is 12.1 Å². The number of hydrogen-bond acceptors (Lipinski definition) is 2. The summed E-state index contributed by atoms with van der Waals surface area (Å²) in [5, 5.41) is 1.20. The third-order valence-electron chi connectivity index (χ3n) is 2.33. The third-order valence-corrected chi connectivity index (χ3v) is 3.67. The lowest BCUT2D eigenvalue weighted by atomic mass is 10.2. The quantitative estimate of drug-likeness (QED) is 0.515. The molecule has 0 heterocycles. The first-order chi connectivity index (χ1) is 9.02. The van der Waals surface area contributed by atoms with Gasteiger partial charge in [0.1, 0.15) is 11.5 Å². The fraction of sp³-hybridized carbons (Fsp3) is 0. The van der Waals surface area contributed by atoms with Crippen LogP contribution < -0.4 is 4.74 Å². The van der Waals surface area contributed by atoms with Gasteiger partial charge in [-0.15, -0.1) is 0 Å². The molecule has 2 nitrogen and oxygen atoms in total. The molecule has 0 amide bonds. The SMILES string of the molecule is O=Cc1c(Cl)cccc1Oc1cc(Cl)c(Cl)cc1Cl. The molecule has 0 saturated heterocycles. The minimum atomic E-state index is 0.242. The van der Waals surface area contributed by atoms with Crippen LogP contribution in [0.25, 0.3) is 0 Å². The predicted molar refractivity (Wildman–Crippen MR) is 78.4 cm³/mol. The number of ether oxygens (including phenoxy) is 1. The Labute approximate surface area is 129 Å². The van der Waals surface area contributed by atoms with Gasteiger partial charge in [0.25, 0.3) is 0 Å². The van der Waals surface area contributed by atoms with Crippen molar-refractivity contribution in [3.05, 3.63) is 56.0 Å². The lowest BCUT2D eigenvalue weighted by molar-refractivity contribution is 0.112. The van der Waals surface area contributed by atoms with E-state index in [0.29, 0.717) is 32.9 Å². The van der Waals surface area contributed by atoms with Gasteiger partial charge in [0, 0.05) is 6.07 Å². The number of benzene rings is 2. The zero-order chi connectivity index (χ0) is 14.0. The highest BCUT2D eigenvalue weighted by Gasteiger charge is 2.12. The van der Waals surface area contributed by atoms with Crippen molar-refractivity contribution in [2.45, 2.75) is 0 Å². The Morgan fingerprint density at radius 2 is 1.53 bits per heavy atom. The first kappa shape index (κ1) is 14.5. The van der Waals surface area contributed by atoms with Gasteiger partial charge in [0.05, 0.1) is 25.7 Å². The van der Waals surface area contributed by atoms with Gasteiger partial charge in [-0.1, -0.05) is 52.5 Å². The first-order valence-corrected chi connectivity index (χ1v) is 6.60. The third kappa shape index (κ3) is 3.15. The monoisotopic (exact) mass is 334 g/mol. The van der Waals surface area contributed by atoms with Crippen LogP contribution in [0, 0.1) is 0 Å². The highest BCUT2D eigenvalue weighted by atomic mass is 35.5. The van der Waals surface area contributed by atoms with Crippen molar-refractivity contribution in [1.82, 2.24) is 0 Å². The van der Waals surface area contributed by atoms with Crippen molar-refractivity contribution in [3.63, 3.8) is 0 Å². The Morgan fingerprint density at radius 1 is 0.842 bits per heavy atom. The molecule has 0 bridgehead atoms. The minimum absolute atomic E-state index is 0.242. The molecule has 0 aliphatic heterocycles. The molecule has 0 aliphatic rings. The summed E-state index contributed by atoms with van der Waals surface area (Å²) in [6.07, 6.45) is 0.614. The van der Waals surface area contributed by atoms with Crippen LogP contribution in [0.4, 0.5) is 0 Å². The highest BCUT2D eigenvalue weighted by Crippen LogP contribution is 2.37. The molecule has 19 heavy (non-hydrogen) atoms. The molecule has 2 aromatic carbocycles. The average molecular weight is 336 g/mol. The van der Waals surface area contributed by atoms with Crippen molar-refractivity contribution >= 4 is 52.7 Å².